The normalized spacial score (nSPS) is 12.0. The molecule has 2 aromatic carbocycles. The molecule has 1 unspecified atom stereocenters. The zero-order valence-electron chi connectivity index (χ0n) is 17.7. The van der Waals surface area contributed by atoms with Crippen molar-refractivity contribution in [2.45, 2.75) is 19.4 Å². The summed E-state index contributed by atoms with van der Waals surface area (Å²) >= 11 is 0. The molecule has 0 spiro atoms. The van der Waals surface area contributed by atoms with Crippen molar-refractivity contribution in [2.75, 3.05) is 5.32 Å². The summed E-state index contributed by atoms with van der Waals surface area (Å²) < 4.78 is 0. The average molecular weight is 425 g/mol. The lowest BCUT2D eigenvalue weighted by molar-refractivity contribution is -0.125. The van der Waals surface area contributed by atoms with Crippen molar-refractivity contribution in [2.24, 2.45) is 0 Å². The molecule has 2 aromatic heterocycles. The molecule has 0 aliphatic carbocycles. The number of hydrogen-bond acceptors (Lipinski definition) is 3. The maximum Gasteiger partial charge on any atom is 0.247 e. The Hall–Kier alpha value is -4.19. The highest BCUT2D eigenvalue weighted by atomic mass is 16.2. The standard InChI is InChI=1S/C26H24N4O2/c1-18(31)29-25(16-20-17-28-24-11-3-2-10-23(20)24)26(32)30-22-9-6-7-19(15-22)12-13-21-8-4-5-14-27-21/h2-15,17,25,28H,16H2,1H3,(H,29,31)(H,30,32)/b13-12+. The lowest BCUT2D eigenvalue weighted by Crippen LogP contribution is -2.44. The molecule has 160 valence electrons. The van der Waals surface area contributed by atoms with E-state index in [1.165, 1.54) is 6.92 Å². The molecular weight excluding hydrogens is 400 g/mol. The van der Waals surface area contributed by atoms with E-state index in [1.54, 1.807) is 6.20 Å². The van der Waals surface area contributed by atoms with Crippen LogP contribution in [0, 0.1) is 0 Å². The molecule has 6 nitrogen and oxygen atoms in total. The van der Waals surface area contributed by atoms with E-state index in [-0.39, 0.29) is 11.8 Å². The Morgan fingerprint density at radius 3 is 2.69 bits per heavy atom. The number of benzene rings is 2. The molecular formula is C26H24N4O2. The molecule has 32 heavy (non-hydrogen) atoms. The zero-order chi connectivity index (χ0) is 22.3. The number of anilines is 1. The van der Waals surface area contributed by atoms with Crippen molar-refractivity contribution in [1.82, 2.24) is 15.3 Å². The number of amides is 2. The molecule has 3 N–H and O–H groups in total. The summed E-state index contributed by atoms with van der Waals surface area (Å²) in [5, 5.41) is 6.75. The summed E-state index contributed by atoms with van der Waals surface area (Å²) in [6.07, 6.45) is 7.87. The van der Waals surface area contributed by atoms with Crippen molar-refractivity contribution < 1.29 is 9.59 Å². The van der Waals surface area contributed by atoms with Gasteiger partial charge >= 0.3 is 0 Å². The maximum absolute atomic E-state index is 13.0. The SMILES string of the molecule is CC(=O)NC(Cc1c[nH]c2ccccc12)C(=O)Nc1cccc(/C=C/c2ccccn2)c1. The highest BCUT2D eigenvalue weighted by Crippen LogP contribution is 2.20. The van der Waals surface area contributed by atoms with Gasteiger partial charge in [0.1, 0.15) is 6.04 Å². The second kappa shape index (κ2) is 9.75. The van der Waals surface area contributed by atoms with Crippen LogP contribution < -0.4 is 10.6 Å². The highest BCUT2D eigenvalue weighted by Gasteiger charge is 2.21. The van der Waals surface area contributed by atoms with Gasteiger partial charge in [0.25, 0.3) is 0 Å². The predicted molar refractivity (Wildman–Crippen MR) is 128 cm³/mol. The van der Waals surface area contributed by atoms with Crippen LogP contribution >= 0.6 is 0 Å². The number of aromatic nitrogens is 2. The average Bonchev–Trinajstić information content (AvgIpc) is 3.21. The molecule has 0 fully saturated rings. The van der Waals surface area contributed by atoms with Crippen LogP contribution in [0.5, 0.6) is 0 Å². The van der Waals surface area contributed by atoms with Crippen molar-refractivity contribution in [3.8, 4) is 0 Å². The Balaban J connectivity index is 1.49. The second-order valence-corrected chi connectivity index (χ2v) is 7.52. The highest BCUT2D eigenvalue weighted by molar-refractivity contribution is 5.98. The number of nitrogens with zero attached hydrogens (tertiary/aromatic N) is 1. The number of carbonyl (C=O) groups is 2. The first-order valence-electron chi connectivity index (χ1n) is 10.4. The lowest BCUT2D eigenvalue weighted by Gasteiger charge is -2.17. The summed E-state index contributed by atoms with van der Waals surface area (Å²) in [7, 11) is 0. The van der Waals surface area contributed by atoms with Gasteiger partial charge in [0, 0.05) is 42.3 Å². The third kappa shape index (κ3) is 5.29. The molecule has 0 saturated carbocycles. The molecule has 2 heterocycles. The van der Waals surface area contributed by atoms with Gasteiger partial charge in [0.15, 0.2) is 0 Å². The number of pyridine rings is 1. The molecule has 1 atom stereocenters. The maximum atomic E-state index is 13.0. The largest absolute Gasteiger partial charge is 0.361 e. The molecule has 0 saturated heterocycles. The van der Waals surface area contributed by atoms with Crippen LogP contribution in [0.3, 0.4) is 0 Å². The fraction of sp³-hybridized carbons (Fsp3) is 0.115. The van der Waals surface area contributed by atoms with Crippen LogP contribution in [0.1, 0.15) is 23.7 Å². The Bertz CT molecular complexity index is 1260. The van der Waals surface area contributed by atoms with Crippen LogP contribution in [-0.2, 0) is 16.0 Å². The first-order valence-corrected chi connectivity index (χ1v) is 10.4. The smallest absolute Gasteiger partial charge is 0.247 e. The van der Waals surface area contributed by atoms with Gasteiger partial charge in [-0.15, -0.1) is 0 Å². The molecule has 0 bridgehead atoms. The number of aromatic amines is 1. The minimum Gasteiger partial charge on any atom is -0.361 e. The zero-order valence-corrected chi connectivity index (χ0v) is 17.7. The van der Waals surface area contributed by atoms with Crippen molar-refractivity contribution in [3.63, 3.8) is 0 Å². The summed E-state index contributed by atoms with van der Waals surface area (Å²) in [6, 6.07) is 20.5. The van der Waals surface area contributed by atoms with E-state index in [2.05, 4.69) is 20.6 Å². The molecule has 0 aliphatic rings. The van der Waals surface area contributed by atoms with Crippen LogP contribution in [-0.4, -0.2) is 27.8 Å². The quantitative estimate of drug-likeness (QED) is 0.410. The van der Waals surface area contributed by atoms with E-state index < -0.39 is 6.04 Å². The Labute approximate surface area is 186 Å². The lowest BCUT2D eigenvalue weighted by atomic mass is 10.0. The van der Waals surface area contributed by atoms with Gasteiger partial charge < -0.3 is 15.6 Å². The fourth-order valence-electron chi connectivity index (χ4n) is 3.58. The van der Waals surface area contributed by atoms with E-state index in [4.69, 9.17) is 0 Å². The summed E-state index contributed by atoms with van der Waals surface area (Å²) in [6.45, 7) is 1.42. The van der Waals surface area contributed by atoms with Crippen molar-refractivity contribution in [1.29, 1.82) is 0 Å². The molecule has 0 radical (unpaired) electrons. The van der Waals surface area contributed by atoms with Gasteiger partial charge in [0.05, 0.1) is 5.69 Å². The van der Waals surface area contributed by atoms with Gasteiger partial charge in [-0.05, 0) is 47.5 Å². The van der Waals surface area contributed by atoms with E-state index >= 15 is 0 Å². The topological polar surface area (TPSA) is 86.9 Å². The van der Waals surface area contributed by atoms with Crippen LogP contribution in [0.25, 0.3) is 23.1 Å². The minimum atomic E-state index is -0.695. The summed E-state index contributed by atoms with van der Waals surface area (Å²) in [4.78, 5) is 32.3. The monoisotopic (exact) mass is 424 g/mol. The molecule has 4 rings (SSSR count). The number of carbonyl (C=O) groups excluding carboxylic acids is 2. The molecule has 6 heteroatoms. The fourth-order valence-corrected chi connectivity index (χ4v) is 3.58. The van der Waals surface area contributed by atoms with E-state index in [9.17, 15) is 9.59 Å². The molecule has 2 amide bonds. The molecule has 0 aliphatic heterocycles. The van der Waals surface area contributed by atoms with Crippen LogP contribution in [0.15, 0.2) is 79.1 Å². The van der Waals surface area contributed by atoms with E-state index in [1.807, 2.05) is 85.1 Å². The summed E-state index contributed by atoms with van der Waals surface area (Å²) in [5.41, 5.74) is 4.42. The van der Waals surface area contributed by atoms with Gasteiger partial charge in [-0.2, -0.15) is 0 Å². The van der Waals surface area contributed by atoms with Crippen molar-refractivity contribution in [3.05, 3.63) is 95.9 Å². The number of hydrogen-bond donors (Lipinski definition) is 3. The number of para-hydroxylation sites is 1. The summed E-state index contributed by atoms with van der Waals surface area (Å²) in [5.74, 6) is -0.520. The van der Waals surface area contributed by atoms with Gasteiger partial charge in [-0.25, -0.2) is 0 Å². The number of H-pyrrole nitrogens is 1. The van der Waals surface area contributed by atoms with E-state index in [0.717, 1.165) is 27.7 Å². The first-order chi connectivity index (χ1) is 15.6. The van der Waals surface area contributed by atoms with Gasteiger partial charge in [-0.3, -0.25) is 14.6 Å². The van der Waals surface area contributed by atoms with Gasteiger partial charge in [-0.1, -0.05) is 42.5 Å². The predicted octanol–water partition coefficient (Wildman–Crippen LogP) is 4.42. The van der Waals surface area contributed by atoms with Crippen LogP contribution in [0.2, 0.25) is 0 Å². The number of fused-ring (bicyclic) bond motifs is 1. The number of rotatable bonds is 7. The first kappa shape index (κ1) is 21.1. The number of nitrogens with one attached hydrogen (secondary N) is 3. The van der Waals surface area contributed by atoms with Gasteiger partial charge in [0.2, 0.25) is 11.8 Å². The Morgan fingerprint density at radius 1 is 1.03 bits per heavy atom. The minimum absolute atomic E-state index is 0.253. The van der Waals surface area contributed by atoms with E-state index in [0.29, 0.717) is 12.1 Å². The Morgan fingerprint density at radius 2 is 1.88 bits per heavy atom. The molecule has 4 aromatic rings. The van der Waals surface area contributed by atoms with Crippen molar-refractivity contribution >= 4 is 40.6 Å². The van der Waals surface area contributed by atoms with Crippen LogP contribution in [0.4, 0.5) is 5.69 Å². The third-order valence-corrected chi connectivity index (χ3v) is 5.08. The third-order valence-electron chi connectivity index (χ3n) is 5.08. The second-order valence-electron chi connectivity index (χ2n) is 7.52. The Kier molecular flexibility index (Phi) is 6.41.